The van der Waals surface area contributed by atoms with Gasteiger partial charge in [0.05, 0.1) is 22.2 Å². The van der Waals surface area contributed by atoms with Gasteiger partial charge in [0.15, 0.2) is 0 Å². The molecule has 1 aliphatic rings. The summed E-state index contributed by atoms with van der Waals surface area (Å²) in [6.45, 7) is 0. The zero-order chi connectivity index (χ0) is 15.7. The third-order valence-electron chi connectivity index (χ3n) is 3.89. The van der Waals surface area contributed by atoms with Gasteiger partial charge in [0, 0.05) is 5.69 Å². The van der Waals surface area contributed by atoms with Gasteiger partial charge in [0.1, 0.15) is 0 Å². The zero-order valence-corrected chi connectivity index (χ0v) is 13.5. The third-order valence-corrected chi connectivity index (χ3v) is 4.52. The molecule has 3 N–H and O–H groups in total. The van der Waals surface area contributed by atoms with E-state index in [0.717, 1.165) is 18.4 Å². The van der Waals surface area contributed by atoms with Gasteiger partial charge < -0.3 is 11.1 Å². The van der Waals surface area contributed by atoms with E-state index in [1.54, 1.807) is 12.1 Å². The molecule has 0 saturated carbocycles. The minimum absolute atomic E-state index is 0.102. The molecule has 3 rings (SSSR count). The number of fused-ring (bicyclic) bond motifs is 1. The minimum atomic E-state index is -0.102. The smallest absolute Gasteiger partial charge is 0.228 e. The first-order chi connectivity index (χ1) is 10.5. The summed E-state index contributed by atoms with van der Waals surface area (Å²) in [5, 5.41) is 3.47. The van der Waals surface area contributed by atoms with Gasteiger partial charge in [-0.3, -0.25) is 4.79 Å². The maximum atomic E-state index is 12.2. The molecule has 0 fully saturated rings. The molecule has 1 aliphatic carbocycles. The highest BCUT2D eigenvalue weighted by Crippen LogP contribution is 2.31. The Morgan fingerprint density at radius 3 is 2.50 bits per heavy atom. The molecule has 3 nitrogen and oxygen atoms in total. The quantitative estimate of drug-likeness (QED) is 0.824. The van der Waals surface area contributed by atoms with Gasteiger partial charge in [-0.1, -0.05) is 41.4 Å². The van der Waals surface area contributed by atoms with Crippen LogP contribution in [0.5, 0.6) is 0 Å². The van der Waals surface area contributed by atoms with Crippen molar-refractivity contribution in [1.82, 2.24) is 0 Å². The van der Waals surface area contributed by atoms with Crippen LogP contribution < -0.4 is 11.1 Å². The van der Waals surface area contributed by atoms with Gasteiger partial charge in [0.25, 0.3) is 0 Å². The standard InChI is InChI=1S/C17H16Cl2N2O/c18-14-8-13(9-15(19)17(14)20)21-16(22)7-10-4-5-11-2-1-3-12(11)6-10/h4-6,8-9H,1-3,7,20H2,(H,21,22). The summed E-state index contributed by atoms with van der Waals surface area (Å²) >= 11 is 11.9. The topological polar surface area (TPSA) is 55.1 Å². The van der Waals surface area contributed by atoms with Crippen molar-refractivity contribution in [2.75, 3.05) is 11.1 Å². The highest BCUT2D eigenvalue weighted by Gasteiger charge is 2.13. The second-order valence-electron chi connectivity index (χ2n) is 5.54. The van der Waals surface area contributed by atoms with Crippen molar-refractivity contribution >= 4 is 40.5 Å². The predicted molar refractivity (Wildman–Crippen MR) is 91.7 cm³/mol. The maximum Gasteiger partial charge on any atom is 0.228 e. The number of nitrogens with one attached hydrogen (secondary N) is 1. The van der Waals surface area contributed by atoms with Crippen molar-refractivity contribution in [3.63, 3.8) is 0 Å². The molecule has 22 heavy (non-hydrogen) atoms. The first-order valence-electron chi connectivity index (χ1n) is 7.18. The number of nitrogen functional groups attached to an aromatic ring is 1. The number of carbonyl (C=O) groups excluding carboxylic acids is 1. The Bertz CT molecular complexity index is 720. The van der Waals surface area contributed by atoms with Crippen LogP contribution in [0.1, 0.15) is 23.1 Å². The second kappa shape index (κ2) is 6.19. The fraction of sp³-hybridized carbons (Fsp3) is 0.235. The van der Waals surface area contributed by atoms with Gasteiger partial charge in [0.2, 0.25) is 5.91 Å². The molecule has 5 heteroatoms. The molecule has 0 radical (unpaired) electrons. The van der Waals surface area contributed by atoms with Crippen LogP contribution in [-0.4, -0.2) is 5.91 Å². The summed E-state index contributed by atoms with van der Waals surface area (Å²) in [4.78, 5) is 12.2. The van der Waals surface area contributed by atoms with Gasteiger partial charge >= 0.3 is 0 Å². The Hall–Kier alpha value is -1.71. The van der Waals surface area contributed by atoms with E-state index < -0.39 is 0 Å². The molecule has 2 aromatic carbocycles. The number of hydrogen-bond donors (Lipinski definition) is 2. The summed E-state index contributed by atoms with van der Waals surface area (Å²) in [5.74, 6) is -0.102. The molecule has 0 unspecified atom stereocenters. The molecule has 0 saturated heterocycles. The normalized spacial score (nSPS) is 13.0. The highest BCUT2D eigenvalue weighted by molar-refractivity contribution is 6.39. The van der Waals surface area contributed by atoms with Gasteiger partial charge in [-0.25, -0.2) is 0 Å². The van der Waals surface area contributed by atoms with Crippen molar-refractivity contribution in [1.29, 1.82) is 0 Å². The van der Waals surface area contributed by atoms with Crippen LogP contribution in [0.25, 0.3) is 0 Å². The lowest BCUT2D eigenvalue weighted by Crippen LogP contribution is -2.14. The lowest BCUT2D eigenvalue weighted by atomic mass is 10.0. The summed E-state index contributed by atoms with van der Waals surface area (Å²) in [6, 6.07) is 9.48. The Morgan fingerprint density at radius 2 is 1.77 bits per heavy atom. The Kier molecular flexibility index (Phi) is 4.27. The van der Waals surface area contributed by atoms with E-state index >= 15 is 0 Å². The maximum absolute atomic E-state index is 12.2. The van der Waals surface area contributed by atoms with Gasteiger partial charge in [-0.15, -0.1) is 0 Å². The number of rotatable bonds is 3. The van der Waals surface area contributed by atoms with Crippen molar-refractivity contribution in [3.05, 3.63) is 57.1 Å². The summed E-state index contributed by atoms with van der Waals surface area (Å²) in [5.41, 5.74) is 10.3. The zero-order valence-electron chi connectivity index (χ0n) is 12.0. The summed E-state index contributed by atoms with van der Waals surface area (Å²) in [7, 11) is 0. The number of aryl methyl sites for hydroxylation is 2. The van der Waals surface area contributed by atoms with Crippen LogP contribution >= 0.6 is 23.2 Å². The van der Waals surface area contributed by atoms with E-state index in [9.17, 15) is 4.79 Å². The second-order valence-corrected chi connectivity index (χ2v) is 6.35. The van der Waals surface area contributed by atoms with Crippen molar-refractivity contribution < 1.29 is 4.79 Å². The molecule has 0 bridgehead atoms. The van der Waals surface area contributed by atoms with Crippen LogP contribution in [0.2, 0.25) is 10.0 Å². The van der Waals surface area contributed by atoms with E-state index in [4.69, 9.17) is 28.9 Å². The van der Waals surface area contributed by atoms with Crippen LogP contribution in [-0.2, 0) is 24.1 Å². The first-order valence-corrected chi connectivity index (χ1v) is 7.93. The predicted octanol–water partition coefficient (Wildman–Crippen LogP) is 4.25. The molecular formula is C17H16Cl2N2O. The van der Waals surface area contributed by atoms with Gasteiger partial charge in [-0.2, -0.15) is 0 Å². The fourth-order valence-corrected chi connectivity index (χ4v) is 3.27. The fourth-order valence-electron chi connectivity index (χ4n) is 2.78. The van der Waals surface area contributed by atoms with Crippen LogP contribution in [0.3, 0.4) is 0 Å². The number of nitrogens with two attached hydrogens (primary N) is 1. The number of halogens is 2. The van der Waals surface area contributed by atoms with Gasteiger partial charge in [-0.05, 0) is 48.1 Å². The van der Waals surface area contributed by atoms with E-state index in [1.807, 2.05) is 6.07 Å². The minimum Gasteiger partial charge on any atom is -0.396 e. The molecule has 0 atom stereocenters. The molecule has 0 aromatic heterocycles. The number of hydrogen-bond acceptors (Lipinski definition) is 2. The van der Waals surface area contributed by atoms with Crippen molar-refractivity contribution in [2.45, 2.75) is 25.7 Å². The molecular weight excluding hydrogens is 319 g/mol. The third kappa shape index (κ3) is 3.21. The molecule has 2 aromatic rings. The Labute approximate surface area is 139 Å². The summed E-state index contributed by atoms with van der Waals surface area (Å²) < 4.78 is 0. The van der Waals surface area contributed by atoms with Crippen molar-refractivity contribution in [2.24, 2.45) is 0 Å². The van der Waals surface area contributed by atoms with Crippen LogP contribution in [0.15, 0.2) is 30.3 Å². The molecule has 0 spiro atoms. The lowest BCUT2D eigenvalue weighted by Gasteiger charge is -2.09. The number of benzene rings is 2. The number of anilines is 2. The Balaban J connectivity index is 1.70. The van der Waals surface area contributed by atoms with Crippen LogP contribution in [0.4, 0.5) is 11.4 Å². The average Bonchev–Trinajstić information content (AvgIpc) is 2.92. The van der Waals surface area contributed by atoms with Crippen LogP contribution in [0, 0.1) is 0 Å². The molecule has 1 amide bonds. The van der Waals surface area contributed by atoms with Crippen molar-refractivity contribution in [3.8, 4) is 0 Å². The SMILES string of the molecule is Nc1c(Cl)cc(NC(=O)Cc2ccc3c(c2)CCC3)cc1Cl. The van der Waals surface area contributed by atoms with E-state index in [2.05, 4.69) is 17.4 Å². The number of carbonyl (C=O) groups is 1. The molecule has 0 heterocycles. The first kappa shape index (κ1) is 15.2. The average molecular weight is 335 g/mol. The molecule has 114 valence electrons. The Morgan fingerprint density at radius 1 is 1.09 bits per heavy atom. The molecule has 0 aliphatic heterocycles. The number of amides is 1. The lowest BCUT2D eigenvalue weighted by molar-refractivity contribution is -0.115. The monoisotopic (exact) mass is 334 g/mol. The largest absolute Gasteiger partial charge is 0.396 e. The van der Waals surface area contributed by atoms with E-state index in [0.29, 0.717) is 27.8 Å². The summed E-state index contributed by atoms with van der Waals surface area (Å²) in [6.07, 6.45) is 3.78. The highest BCUT2D eigenvalue weighted by atomic mass is 35.5. The van der Waals surface area contributed by atoms with E-state index in [-0.39, 0.29) is 5.91 Å². The van der Waals surface area contributed by atoms with E-state index in [1.165, 1.54) is 17.5 Å².